The van der Waals surface area contributed by atoms with E-state index < -0.39 is 0 Å². The van der Waals surface area contributed by atoms with Gasteiger partial charge in [-0.1, -0.05) is 12.1 Å². The molecule has 2 aromatic rings. The Kier molecular flexibility index (Phi) is 6.28. The van der Waals surface area contributed by atoms with Crippen LogP contribution in [0.3, 0.4) is 0 Å². The van der Waals surface area contributed by atoms with Gasteiger partial charge in [-0.3, -0.25) is 0 Å². The fraction of sp³-hybridized carbons (Fsp3) is 0.333. The maximum Gasteiger partial charge on any atom is 0.0606 e. The van der Waals surface area contributed by atoms with Gasteiger partial charge >= 0.3 is 0 Å². The van der Waals surface area contributed by atoms with Crippen LogP contribution >= 0.6 is 0 Å². The number of hydrogen-bond donors (Lipinski definition) is 5. The SMILES string of the molecule is CC(Nc1ccccc1N(CCO)CCO)c1cc(N)ccc1N. The second kappa shape index (κ2) is 8.42. The second-order valence-electron chi connectivity index (χ2n) is 5.71. The molecule has 2 rings (SSSR count). The lowest BCUT2D eigenvalue weighted by Crippen LogP contribution is -2.30. The van der Waals surface area contributed by atoms with Crippen LogP contribution in [-0.4, -0.2) is 36.5 Å². The summed E-state index contributed by atoms with van der Waals surface area (Å²) >= 11 is 0. The van der Waals surface area contributed by atoms with E-state index in [1.807, 2.05) is 42.2 Å². The molecular weight excluding hydrogens is 304 g/mol. The van der Waals surface area contributed by atoms with Gasteiger partial charge in [0, 0.05) is 24.5 Å². The first-order valence-corrected chi connectivity index (χ1v) is 8.04. The van der Waals surface area contributed by atoms with Crippen LogP contribution in [0, 0.1) is 0 Å². The molecule has 0 aliphatic carbocycles. The topological polar surface area (TPSA) is 108 Å². The highest BCUT2D eigenvalue weighted by atomic mass is 16.3. The van der Waals surface area contributed by atoms with Gasteiger partial charge in [-0.25, -0.2) is 0 Å². The molecule has 1 atom stereocenters. The molecule has 0 saturated heterocycles. The third-order valence-corrected chi connectivity index (χ3v) is 3.93. The van der Waals surface area contributed by atoms with Crippen molar-refractivity contribution in [2.75, 3.05) is 48.0 Å². The van der Waals surface area contributed by atoms with Crippen molar-refractivity contribution in [3.05, 3.63) is 48.0 Å². The number of anilines is 4. The monoisotopic (exact) mass is 330 g/mol. The Hall–Kier alpha value is -2.44. The summed E-state index contributed by atoms with van der Waals surface area (Å²) in [5, 5.41) is 22.0. The zero-order chi connectivity index (χ0) is 17.5. The van der Waals surface area contributed by atoms with Crippen LogP contribution in [-0.2, 0) is 0 Å². The smallest absolute Gasteiger partial charge is 0.0606 e. The lowest BCUT2D eigenvalue weighted by molar-refractivity contribution is 0.281. The fourth-order valence-corrected chi connectivity index (χ4v) is 2.74. The molecule has 0 fully saturated rings. The number of nitrogen functional groups attached to an aromatic ring is 2. The maximum atomic E-state index is 9.27. The molecule has 0 heterocycles. The summed E-state index contributed by atoms with van der Waals surface area (Å²) in [6.45, 7) is 2.96. The van der Waals surface area contributed by atoms with E-state index in [-0.39, 0.29) is 19.3 Å². The van der Waals surface area contributed by atoms with Gasteiger partial charge in [0.05, 0.1) is 30.6 Å². The minimum atomic E-state index is -0.0419. The van der Waals surface area contributed by atoms with E-state index in [0.29, 0.717) is 24.5 Å². The Labute approximate surface area is 142 Å². The third kappa shape index (κ3) is 4.31. The van der Waals surface area contributed by atoms with Crippen molar-refractivity contribution < 1.29 is 10.2 Å². The summed E-state index contributed by atoms with van der Waals surface area (Å²) in [5.41, 5.74) is 16.1. The highest BCUT2D eigenvalue weighted by Crippen LogP contribution is 2.31. The summed E-state index contributed by atoms with van der Waals surface area (Å²) in [6, 6.07) is 13.2. The van der Waals surface area contributed by atoms with E-state index in [1.54, 1.807) is 12.1 Å². The minimum Gasteiger partial charge on any atom is -0.399 e. The zero-order valence-corrected chi connectivity index (χ0v) is 13.9. The summed E-state index contributed by atoms with van der Waals surface area (Å²) < 4.78 is 0. The van der Waals surface area contributed by atoms with Gasteiger partial charge in [0.2, 0.25) is 0 Å². The molecule has 7 N–H and O–H groups in total. The number of benzene rings is 2. The third-order valence-electron chi connectivity index (χ3n) is 3.93. The molecule has 24 heavy (non-hydrogen) atoms. The van der Waals surface area contributed by atoms with E-state index in [9.17, 15) is 10.2 Å². The Bertz CT molecular complexity index is 657. The normalized spacial score (nSPS) is 12.0. The van der Waals surface area contributed by atoms with E-state index in [1.165, 1.54) is 0 Å². The molecule has 130 valence electrons. The van der Waals surface area contributed by atoms with Gasteiger partial charge in [0.15, 0.2) is 0 Å². The Balaban J connectivity index is 2.27. The number of rotatable bonds is 8. The molecule has 1 unspecified atom stereocenters. The molecule has 0 amide bonds. The van der Waals surface area contributed by atoms with E-state index in [2.05, 4.69) is 5.32 Å². The fourth-order valence-electron chi connectivity index (χ4n) is 2.74. The lowest BCUT2D eigenvalue weighted by atomic mass is 10.0. The molecular formula is C18H26N4O2. The van der Waals surface area contributed by atoms with Crippen molar-refractivity contribution in [1.29, 1.82) is 0 Å². The van der Waals surface area contributed by atoms with E-state index in [4.69, 9.17) is 11.5 Å². The van der Waals surface area contributed by atoms with E-state index >= 15 is 0 Å². The highest BCUT2D eigenvalue weighted by Gasteiger charge is 2.14. The van der Waals surface area contributed by atoms with Crippen LogP contribution in [0.2, 0.25) is 0 Å². The standard InChI is InChI=1S/C18H26N4O2/c1-13(15-12-14(19)6-7-16(15)20)21-17-4-2-3-5-18(17)22(8-10-23)9-11-24/h2-7,12-13,21,23-24H,8-11,19-20H2,1H3. The predicted octanol–water partition coefficient (Wildman–Crippen LogP) is 1.82. The van der Waals surface area contributed by atoms with Gasteiger partial charge in [0.25, 0.3) is 0 Å². The Morgan fingerprint density at radius 1 is 1.04 bits per heavy atom. The van der Waals surface area contributed by atoms with Gasteiger partial charge in [0.1, 0.15) is 0 Å². The predicted molar refractivity (Wildman–Crippen MR) is 100 cm³/mol. The Morgan fingerprint density at radius 2 is 1.71 bits per heavy atom. The van der Waals surface area contributed by atoms with Gasteiger partial charge < -0.3 is 31.9 Å². The Morgan fingerprint density at radius 3 is 2.38 bits per heavy atom. The first kappa shape index (κ1) is 17.9. The number of aliphatic hydroxyl groups is 2. The molecule has 0 bridgehead atoms. The molecule has 0 radical (unpaired) electrons. The summed E-state index contributed by atoms with van der Waals surface area (Å²) in [4.78, 5) is 1.94. The molecule has 0 aromatic heterocycles. The van der Waals surface area contributed by atoms with Crippen molar-refractivity contribution >= 4 is 22.7 Å². The number of hydrogen-bond acceptors (Lipinski definition) is 6. The van der Waals surface area contributed by atoms with Crippen LogP contribution in [0.25, 0.3) is 0 Å². The number of aliphatic hydroxyl groups excluding tert-OH is 2. The van der Waals surface area contributed by atoms with Gasteiger partial charge in [-0.2, -0.15) is 0 Å². The first-order valence-electron chi connectivity index (χ1n) is 8.04. The minimum absolute atomic E-state index is 0.0199. The number of nitrogens with zero attached hydrogens (tertiary/aromatic N) is 1. The number of para-hydroxylation sites is 2. The quantitative estimate of drug-likeness (QED) is 0.473. The second-order valence-corrected chi connectivity index (χ2v) is 5.71. The number of nitrogens with one attached hydrogen (secondary N) is 1. The zero-order valence-electron chi connectivity index (χ0n) is 13.9. The largest absolute Gasteiger partial charge is 0.399 e. The van der Waals surface area contributed by atoms with Crippen molar-refractivity contribution in [2.24, 2.45) is 0 Å². The molecule has 0 aliphatic heterocycles. The molecule has 6 nitrogen and oxygen atoms in total. The summed E-state index contributed by atoms with van der Waals surface area (Å²) in [6.07, 6.45) is 0. The molecule has 0 aliphatic rings. The van der Waals surface area contributed by atoms with Crippen LogP contribution < -0.4 is 21.7 Å². The highest BCUT2D eigenvalue weighted by molar-refractivity contribution is 5.71. The molecule has 2 aromatic carbocycles. The summed E-state index contributed by atoms with van der Waals surface area (Å²) in [5.74, 6) is 0. The average Bonchev–Trinajstić information content (AvgIpc) is 2.57. The van der Waals surface area contributed by atoms with Crippen molar-refractivity contribution in [3.63, 3.8) is 0 Å². The van der Waals surface area contributed by atoms with Gasteiger partial charge in [-0.15, -0.1) is 0 Å². The van der Waals surface area contributed by atoms with Crippen LogP contribution in [0.1, 0.15) is 18.5 Å². The first-order chi connectivity index (χ1) is 11.6. The average molecular weight is 330 g/mol. The van der Waals surface area contributed by atoms with Gasteiger partial charge in [-0.05, 0) is 42.8 Å². The summed E-state index contributed by atoms with van der Waals surface area (Å²) in [7, 11) is 0. The lowest BCUT2D eigenvalue weighted by Gasteiger charge is -2.27. The van der Waals surface area contributed by atoms with Crippen LogP contribution in [0.5, 0.6) is 0 Å². The molecule has 0 spiro atoms. The van der Waals surface area contributed by atoms with E-state index in [0.717, 1.165) is 16.9 Å². The van der Waals surface area contributed by atoms with Crippen molar-refractivity contribution in [3.8, 4) is 0 Å². The van der Waals surface area contributed by atoms with Crippen molar-refractivity contribution in [1.82, 2.24) is 0 Å². The van der Waals surface area contributed by atoms with Crippen molar-refractivity contribution in [2.45, 2.75) is 13.0 Å². The maximum absolute atomic E-state index is 9.27. The van der Waals surface area contributed by atoms with Crippen LogP contribution in [0.4, 0.5) is 22.7 Å². The molecule has 6 heteroatoms. The van der Waals surface area contributed by atoms with Crippen LogP contribution in [0.15, 0.2) is 42.5 Å². The molecule has 0 saturated carbocycles. The number of nitrogens with two attached hydrogens (primary N) is 2.